The summed E-state index contributed by atoms with van der Waals surface area (Å²) in [4.78, 5) is 38.1. The van der Waals surface area contributed by atoms with Crippen LogP contribution in [0.2, 0.25) is 0 Å². The molecule has 7 heteroatoms. The molecule has 0 spiro atoms. The van der Waals surface area contributed by atoms with E-state index in [-0.39, 0.29) is 17.9 Å². The number of amides is 4. The number of nitrogens with zero attached hydrogens (tertiary/aromatic N) is 2. The smallest absolute Gasteiger partial charge is 0.314 e. The summed E-state index contributed by atoms with van der Waals surface area (Å²) in [5, 5.41) is 2.85. The van der Waals surface area contributed by atoms with Crippen molar-refractivity contribution >= 4 is 23.5 Å². The number of carbonyl (C=O) groups excluding carboxylic acids is 3. The zero-order valence-electron chi connectivity index (χ0n) is 12.1. The van der Waals surface area contributed by atoms with Gasteiger partial charge in [-0.3, -0.25) is 9.59 Å². The van der Waals surface area contributed by atoms with Gasteiger partial charge in [-0.05, 0) is 24.6 Å². The summed E-state index contributed by atoms with van der Waals surface area (Å²) < 4.78 is 0. The number of likely N-dealkylation sites (tertiary alicyclic amines) is 1. The maximum absolute atomic E-state index is 12.2. The highest BCUT2D eigenvalue weighted by Gasteiger charge is 2.30. The molecule has 0 aliphatic carbocycles. The summed E-state index contributed by atoms with van der Waals surface area (Å²) in [6, 6.07) is 6.49. The normalized spacial score (nSPS) is 18.3. The monoisotopic (exact) mass is 302 g/mol. The van der Waals surface area contributed by atoms with Gasteiger partial charge in [-0.15, -0.1) is 0 Å². The van der Waals surface area contributed by atoms with E-state index in [0.29, 0.717) is 31.6 Å². The first kappa shape index (κ1) is 14.4. The fourth-order valence-electron chi connectivity index (χ4n) is 2.75. The maximum atomic E-state index is 12.2. The largest absolute Gasteiger partial charge is 0.351 e. The minimum absolute atomic E-state index is 0.0722. The zero-order valence-corrected chi connectivity index (χ0v) is 12.1. The fraction of sp³-hybridized carbons (Fsp3) is 0.400. The lowest BCUT2D eigenvalue weighted by atomic mass is 10.1. The highest BCUT2D eigenvalue weighted by Crippen LogP contribution is 2.22. The third-order valence-corrected chi connectivity index (χ3v) is 4.02. The Hall–Kier alpha value is -2.57. The molecule has 7 nitrogen and oxygen atoms in total. The van der Waals surface area contributed by atoms with Crippen LogP contribution >= 0.6 is 0 Å². The molecule has 0 aromatic heterocycles. The van der Waals surface area contributed by atoms with Gasteiger partial charge in [0.05, 0.1) is 6.04 Å². The number of nitrogens with two attached hydrogens (primary N) is 1. The molecule has 0 unspecified atom stereocenters. The number of nitrogens with one attached hydrogen (secondary N) is 1. The Kier molecular flexibility index (Phi) is 3.70. The second-order valence-electron chi connectivity index (χ2n) is 5.61. The first-order valence-corrected chi connectivity index (χ1v) is 7.30. The van der Waals surface area contributed by atoms with Crippen molar-refractivity contribution in [3.05, 3.63) is 29.8 Å². The van der Waals surface area contributed by atoms with Crippen LogP contribution in [0.1, 0.15) is 23.2 Å². The standard InChI is InChI=1S/C15H18N4O3/c16-15(22)18-8-11(9-18)17-14(21)10-3-1-4-12(7-10)19-6-2-5-13(19)20/h1,3-4,7,11H,2,5-6,8-9H2,(H2,16,22)(H,17,21). The molecule has 1 aromatic carbocycles. The van der Waals surface area contributed by atoms with E-state index in [4.69, 9.17) is 5.73 Å². The summed E-state index contributed by atoms with van der Waals surface area (Å²) in [5.41, 5.74) is 6.40. The average molecular weight is 302 g/mol. The predicted molar refractivity (Wildman–Crippen MR) is 80.4 cm³/mol. The van der Waals surface area contributed by atoms with Crippen molar-refractivity contribution in [1.29, 1.82) is 0 Å². The zero-order chi connectivity index (χ0) is 15.7. The van der Waals surface area contributed by atoms with Crippen molar-refractivity contribution in [3.63, 3.8) is 0 Å². The highest BCUT2D eigenvalue weighted by molar-refractivity contribution is 5.99. The second kappa shape index (κ2) is 5.67. The summed E-state index contributed by atoms with van der Waals surface area (Å²) >= 11 is 0. The van der Waals surface area contributed by atoms with Gasteiger partial charge >= 0.3 is 6.03 Å². The van der Waals surface area contributed by atoms with Gasteiger partial charge in [0.2, 0.25) is 5.91 Å². The van der Waals surface area contributed by atoms with Crippen LogP contribution in [0.15, 0.2) is 24.3 Å². The van der Waals surface area contributed by atoms with Crippen molar-refractivity contribution < 1.29 is 14.4 Å². The summed E-state index contributed by atoms with van der Waals surface area (Å²) in [5.74, 6) is -0.115. The number of carbonyl (C=O) groups is 3. The summed E-state index contributed by atoms with van der Waals surface area (Å²) in [7, 11) is 0. The Labute approximate surface area is 128 Å². The molecule has 22 heavy (non-hydrogen) atoms. The summed E-state index contributed by atoms with van der Waals surface area (Å²) in [6.07, 6.45) is 1.40. The molecular weight excluding hydrogens is 284 g/mol. The number of hydrogen-bond acceptors (Lipinski definition) is 3. The van der Waals surface area contributed by atoms with E-state index in [1.807, 2.05) is 6.07 Å². The van der Waals surface area contributed by atoms with E-state index in [9.17, 15) is 14.4 Å². The molecule has 0 radical (unpaired) electrons. The van der Waals surface area contributed by atoms with E-state index < -0.39 is 6.03 Å². The van der Waals surface area contributed by atoms with Crippen molar-refractivity contribution in [1.82, 2.24) is 10.2 Å². The van der Waals surface area contributed by atoms with Crippen LogP contribution in [-0.2, 0) is 4.79 Å². The predicted octanol–water partition coefficient (Wildman–Crippen LogP) is 0.306. The topological polar surface area (TPSA) is 95.7 Å². The van der Waals surface area contributed by atoms with Gasteiger partial charge in [-0.1, -0.05) is 6.07 Å². The average Bonchev–Trinajstić information content (AvgIpc) is 2.88. The van der Waals surface area contributed by atoms with Crippen LogP contribution in [-0.4, -0.2) is 48.4 Å². The highest BCUT2D eigenvalue weighted by atomic mass is 16.2. The molecule has 2 aliphatic heterocycles. The van der Waals surface area contributed by atoms with Crippen molar-refractivity contribution in [3.8, 4) is 0 Å². The Bertz CT molecular complexity index is 625. The van der Waals surface area contributed by atoms with Crippen LogP contribution in [0.25, 0.3) is 0 Å². The van der Waals surface area contributed by atoms with Gasteiger partial charge in [0.1, 0.15) is 0 Å². The molecule has 4 amide bonds. The quantitative estimate of drug-likeness (QED) is 0.841. The van der Waals surface area contributed by atoms with Gasteiger partial charge in [0.25, 0.3) is 5.91 Å². The number of rotatable bonds is 3. The Morgan fingerprint density at radius 3 is 2.68 bits per heavy atom. The molecule has 0 saturated carbocycles. The number of urea groups is 1. The van der Waals surface area contributed by atoms with E-state index in [0.717, 1.165) is 12.1 Å². The molecule has 3 rings (SSSR count). The third-order valence-electron chi connectivity index (χ3n) is 4.02. The van der Waals surface area contributed by atoms with Gasteiger partial charge in [-0.2, -0.15) is 0 Å². The van der Waals surface area contributed by atoms with Crippen LogP contribution in [0, 0.1) is 0 Å². The van der Waals surface area contributed by atoms with E-state index in [2.05, 4.69) is 5.32 Å². The van der Waals surface area contributed by atoms with Gasteiger partial charge in [-0.25, -0.2) is 4.79 Å². The lowest BCUT2D eigenvalue weighted by Crippen LogP contribution is -2.62. The number of primary amides is 1. The molecule has 3 N–H and O–H groups in total. The molecular formula is C15H18N4O3. The van der Waals surface area contributed by atoms with Crippen LogP contribution < -0.4 is 16.0 Å². The molecule has 0 bridgehead atoms. The molecule has 0 atom stereocenters. The third kappa shape index (κ3) is 2.74. The molecule has 116 valence electrons. The van der Waals surface area contributed by atoms with E-state index >= 15 is 0 Å². The SMILES string of the molecule is NC(=O)N1CC(NC(=O)c2cccc(N3CCCC3=O)c2)C1. The van der Waals surface area contributed by atoms with Gasteiger partial charge in [0, 0.05) is 37.3 Å². The van der Waals surface area contributed by atoms with Crippen molar-refractivity contribution in [2.24, 2.45) is 5.73 Å². The minimum Gasteiger partial charge on any atom is -0.351 e. The van der Waals surface area contributed by atoms with E-state index in [1.54, 1.807) is 23.1 Å². The van der Waals surface area contributed by atoms with Crippen LogP contribution in [0.3, 0.4) is 0 Å². The summed E-state index contributed by atoms with van der Waals surface area (Å²) in [6.45, 7) is 1.57. The molecule has 2 aliphatic rings. The molecule has 2 saturated heterocycles. The number of benzene rings is 1. The molecule has 1 aromatic rings. The Balaban J connectivity index is 1.64. The lowest BCUT2D eigenvalue weighted by Gasteiger charge is -2.38. The Morgan fingerprint density at radius 1 is 1.27 bits per heavy atom. The minimum atomic E-state index is -0.472. The van der Waals surface area contributed by atoms with Gasteiger partial charge < -0.3 is 20.9 Å². The number of hydrogen-bond donors (Lipinski definition) is 2. The molecule has 2 heterocycles. The second-order valence-corrected chi connectivity index (χ2v) is 5.61. The van der Waals surface area contributed by atoms with Crippen LogP contribution in [0.4, 0.5) is 10.5 Å². The van der Waals surface area contributed by atoms with Crippen molar-refractivity contribution in [2.75, 3.05) is 24.5 Å². The maximum Gasteiger partial charge on any atom is 0.314 e. The Morgan fingerprint density at radius 2 is 2.05 bits per heavy atom. The number of anilines is 1. The van der Waals surface area contributed by atoms with E-state index in [1.165, 1.54) is 4.90 Å². The van der Waals surface area contributed by atoms with Gasteiger partial charge in [0.15, 0.2) is 0 Å². The van der Waals surface area contributed by atoms with Crippen LogP contribution in [0.5, 0.6) is 0 Å². The first-order valence-electron chi connectivity index (χ1n) is 7.30. The van der Waals surface area contributed by atoms with Crippen molar-refractivity contribution in [2.45, 2.75) is 18.9 Å². The first-order chi connectivity index (χ1) is 10.5. The lowest BCUT2D eigenvalue weighted by molar-refractivity contribution is -0.117. The fourth-order valence-corrected chi connectivity index (χ4v) is 2.75. The molecule has 2 fully saturated rings.